The minimum atomic E-state index is -3.49. The van der Waals surface area contributed by atoms with Crippen LogP contribution < -0.4 is 5.73 Å². The van der Waals surface area contributed by atoms with Crippen molar-refractivity contribution in [3.63, 3.8) is 0 Å². The van der Waals surface area contributed by atoms with Crippen molar-refractivity contribution < 1.29 is 12.9 Å². The van der Waals surface area contributed by atoms with Gasteiger partial charge in [0.15, 0.2) is 5.82 Å². The molecule has 2 N–H and O–H groups in total. The predicted octanol–water partition coefficient (Wildman–Crippen LogP) is 1.11. The number of rotatable bonds is 5. The Hall–Kier alpha value is -1.23. The third-order valence-corrected chi connectivity index (χ3v) is 6.00. The average molecular weight is 408 g/mol. The van der Waals surface area contributed by atoms with E-state index in [9.17, 15) is 8.42 Å². The van der Waals surface area contributed by atoms with Crippen molar-refractivity contribution in [1.29, 1.82) is 0 Å². The van der Waals surface area contributed by atoms with Crippen LogP contribution in [0, 0.1) is 0 Å². The van der Waals surface area contributed by atoms with Crippen LogP contribution in [0.1, 0.15) is 11.7 Å². The lowest BCUT2D eigenvalue weighted by molar-refractivity contribution is 0.176. The first-order valence-corrected chi connectivity index (χ1v) is 9.30. The molecule has 3 rings (SSSR count). The molecule has 2 aromatic rings. The van der Waals surface area contributed by atoms with E-state index in [0.29, 0.717) is 49.5 Å². The van der Waals surface area contributed by atoms with Gasteiger partial charge in [-0.05, 0) is 24.3 Å². The summed E-state index contributed by atoms with van der Waals surface area (Å²) in [7, 11) is -3.49. The zero-order chi connectivity index (χ0) is 17.2. The van der Waals surface area contributed by atoms with Gasteiger partial charge in [-0.25, -0.2) is 8.42 Å². The van der Waals surface area contributed by atoms with Crippen molar-refractivity contribution in [2.24, 2.45) is 5.73 Å². The van der Waals surface area contributed by atoms with Gasteiger partial charge < -0.3 is 10.3 Å². The normalized spacial score (nSPS) is 16.6. The van der Waals surface area contributed by atoms with Crippen molar-refractivity contribution in [3.05, 3.63) is 41.0 Å². The molecule has 138 valence electrons. The fourth-order valence-electron chi connectivity index (χ4n) is 2.52. The quantitative estimate of drug-likeness (QED) is 0.790. The lowest BCUT2D eigenvalue weighted by Gasteiger charge is -2.33. The SMILES string of the molecule is Cl.NCc1nc(CN2CCN(S(=O)(=O)c3ccc(Cl)cc3)CC2)no1. The second-order valence-electron chi connectivity index (χ2n) is 5.44. The van der Waals surface area contributed by atoms with E-state index in [1.54, 1.807) is 12.1 Å². The van der Waals surface area contributed by atoms with Gasteiger partial charge in [0.2, 0.25) is 15.9 Å². The molecule has 8 nitrogen and oxygen atoms in total. The van der Waals surface area contributed by atoms with Gasteiger partial charge in [0.1, 0.15) is 0 Å². The zero-order valence-electron chi connectivity index (χ0n) is 13.3. The molecule has 0 bridgehead atoms. The zero-order valence-corrected chi connectivity index (χ0v) is 15.7. The number of aromatic nitrogens is 2. The number of halogens is 2. The van der Waals surface area contributed by atoms with Gasteiger partial charge in [0.05, 0.1) is 18.0 Å². The lowest BCUT2D eigenvalue weighted by atomic mass is 10.3. The van der Waals surface area contributed by atoms with E-state index < -0.39 is 10.0 Å². The van der Waals surface area contributed by atoms with Crippen LogP contribution in [-0.4, -0.2) is 53.9 Å². The highest BCUT2D eigenvalue weighted by Gasteiger charge is 2.28. The van der Waals surface area contributed by atoms with Crippen molar-refractivity contribution in [1.82, 2.24) is 19.3 Å². The van der Waals surface area contributed by atoms with Gasteiger partial charge in [-0.15, -0.1) is 12.4 Å². The number of benzene rings is 1. The maximum atomic E-state index is 12.6. The summed E-state index contributed by atoms with van der Waals surface area (Å²) in [5.41, 5.74) is 5.44. The molecular weight excluding hydrogens is 389 g/mol. The molecule has 1 aliphatic heterocycles. The van der Waals surface area contributed by atoms with Crippen LogP contribution in [0.15, 0.2) is 33.7 Å². The van der Waals surface area contributed by atoms with Gasteiger partial charge in [-0.1, -0.05) is 16.8 Å². The molecule has 0 atom stereocenters. The smallest absolute Gasteiger partial charge is 0.243 e. The molecule has 0 spiro atoms. The van der Waals surface area contributed by atoms with Gasteiger partial charge in [-0.3, -0.25) is 4.90 Å². The summed E-state index contributed by atoms with van der Waals surface area (Å²) in [6.07, 6.45) is 0. The van der Waals surface area contributed by atoms with E-state index in [1.165, 1.54) is 16.4 Å². The van der Waals surface area contributed by atoms with Crippen LogP contribution in [-0.2, 0) is 23.1 Å². The van der Waals surface area contributed by atoms with Gasteiger partial charge in [-0.2, -0.15) is 9.29 Å². The molecule has 25 heavy (non-hydrogen) atoms. The Balaban J connectivity index is 0.00000225. The standard InChI is InChI=1S/C14H18ClN5O3S.ClH/c15-11-1-3-12(4-2-11)24(21,22)20-7-5-19(6-8-20)10-13-17-14(9-16)23-18-13;/h1-4H,5-10,16H2;1H. The fraction of sp³-hybridized carbons (Fsp3) is 0.429. The van der Waals surface area contributed by atoms with E-state index >= 15 is 0 Å². The first-order chi connectivity index (χ1) is 11.5. The Kier molecular flexibility index (Phi) is 6.78. The highest BCUT2D eigenvalue weighted by Crippen LogP contribution is 2.20. The monoisotopic (exact) mass is 407 g/mol. The summed E-state index contributed by atoms with van der Waals surface area (Å²) in [5.74, 6) is 0.957. The molecule has 2 heterocycles. The second-order valence-corrected chi connectivity index (χ2v) is 7.82. The molecule has 1 aliphatic rings. The number of sulfonamides is 1. The summed E-state index contributed by atoms with van der Waals surface area (Å²) >= 11 is 5.81. The molecule has 0 amide bonds. The minimum absolute atomic E-state index is 0. The number of nitrogens with two attached hydrogens (primary N) is 1. The third-order valence-electron chi connectivity index (χ3n) is 3.83. The van der Waals surface area contributed by atoms with E-state index in [0.717, 1.165) is 0 Å². The Labute approximate surface area is 157 Å². The summed E-state index contributed by atoms with van der Waals surface area (Å²) in [6.45, 7) is 2.73. The first-order valence-electron chi connectivity index (χ1n) is 7.48. The van der Waals surface area contributed by atoms with Crippen LogP contribution in [0.5, 0.6) is 0 Å². The molecule has 0 aliphatic carbocycles. The second kappa shape index (κ2) is 8.43. The van der Waals surface area contributed by atoms with Gasteiger partial charge >= 0.3 is 0 Å². The Morgan fingerprint density at radius 3 is 2.36 bits per heavy atom. The van der Waals surface area contributed by atoms with E-state index in [-0.39, 0.29) is 23.8 Å². The van der Waals surface area contributed by atoms with E-state index in [4.69, 9.17) is 21.9 Å². The van der Waals surface area contributed by atoms with Crippen LogP contribution in [0.3, 0.4) is 0 Å². The molecule has 0 saturated carbocycles. The average Bonchev–Trinajstić information content (AvgIpc) is 3.03. The molecular formula is C14H19Cl2N5O3S. The van der Waals surface area contributed by atoms with Gasteiger partial charge in [0.25, 0.3) is 0 Å². The summed E-state index contributed by atoms with van der Waals surface area (Å²) in [5, 5.41) is 4.36. The minimum Gasteiger partial charge on any atom is -0.338 e. The molecule has 1 fully saturated rings. The number of piperazine rings is 1. The molecule has 1 aromatic carbocycles. The maximum absolute atomic E-state index is 12.6. The highest BCUT2D eigenvalue weighted by molar-refractivity contribution is 7.89. The Morgan fingerprint density at radius 2 is 1.80 bits per heavy atom. The fourth-order valence-corrected chi connectivity index (χ4v) is 4.07. The molecule has 1 saturated heterocycles. The summed E-state index contributed by atoms with van der Waals surface area (Å²) in [6, 6.07) is 6.21. The van der Waals surface area contributed by atoms with E-state index in [2.05, 4.69) is 15.0 Å². The molecule has 1 aromatic heterocycles. The van der Waals surface area contributed by atoms with Crippen molar-refractivity contribution >= 4 is 34.0 Å². The Morgan fingerprint density at radius 1 is 1.16 bits per heavy atom. The van der Waals surface area contributed by atoms with Gasteiger partial charge in [0, 0.05) is 31.2 Å². The largest absolute Gasteiger partial charge is 0.338 e. The topological polar surface area (TPSA) is 106 Å². The number of hydrogen-bond donors (Lipinski definition) is 1. The first kappa shape index (κ1) is 20.1. The number of hydrogen-bond acceptors (Lipinski definition) is 7. The van der Waals surface area contributed by atoms with Crippen LogP contribution in [0.2, 0.25) is 5.02 Å². The van der Waals surface area contributed by atoms with Crippen molar-refractivity contribution in [2.75, 3.05) is 26.2 Å². The maximum Gasteiger partial charge on any atom is 0.243 e. The number of nitrogens with zero attached hydrogens (tertiary/aromatic N) is 4. The molecule has 0 unspecified atom stereocenters. The van der Waals surface area contributed by atoms with Crippen molar-refractivity contribution in [3.8, 4) is 0 Å². The predicted molar refractivity (Wildman–Crippen MR) is 94.9 cm³/mol. The van der Waals surface area contributed by atoms with Crippen LogP contribution in [0.25, 0.3) is 0 Å². The summed E-state index contributed by atoms with van der Waals surface area (Å²) < 4.78 is 31.7. The summed E-state index contributed by atoms with van der Waals surface area (Å²) in [4.78, 5) is 6.50. The Bertz CT molecular complexity index is 789. The highest BCUT2D eigenvalue weighted by atomic mass is 35.5. The lowest BCUT2D eigenvalue weighted by Crippen LogP contribution is -2.48. The molecule has 0 radical (unpaired) electrons. The van der Waals surface area contributed by atoms with E-state index in [1.807, 2.05) is 0 Å². The van der Waals surface area contributed by atoms with Crippen LogP contribution >= 0.6 is 24.0 Å². The van der Waals surface area contributed by atoms with Crippen LogP contribution in [0.4, 0.5) is 0 Å². The third kappa shape index (κ3) is 4.69. The molecule has 11 heteroatoms. The van der Waals surface area contributed by atoms with Crippen molar-refractivity contribution in [2.45, 2.75) is 18.0 Å².